The van der Waals surface area contributed by atoms with Crippen molar-refractivity contribution in [1.29, 1.82) is 0 Å². The molecule has 0 unspecified atom stereocenters. The molecule has 0 aliphatic heterocycles. The standard InChI is InChI=1S/C68H46F2/c1-43-13-17-45(18-14-43)46-21-25-53(26-22-46)63-60-40-34-56(50-31-37-58(70)38-32-50)42-62(60)66(52-11-7-4-8-12-52)68-64(54-27-23-47(24-28-54)48-29-35-57(69)36-30-48)59-39-33-55(49-19-15-44(2)16-20-49)41-61(59)65(67(63)68)51-9-5-3-6-10-51/h3-42H,1-2H3. The summed E-state index contributed by atoms with van der Waals surface area (Å²) >= 11 is 0. The van der Waals surface area contributed by atoms with E-state index in [1.807, 2.05) is 24.3 Å². The quantitative estimate of drug-likeness (QED) is 0.133. The summed E-state index contributed by atoms with van der Waals surface area (Å²) in [5, 5.41) is 6.77. The van der Waals surface area contributed by atoms with E-state index in [9.17, 15) is 8.78 Å². The minimum Gasteiger partial charge on any atom is -0.207 e. The zero-order valence-corrected chi connectivity index (χ0v) is 38.8. The van der Waals surface area contributed by atoms with E-state index in [2.05, 4.69) is 208 Å². The molecule has 0 bridgehead atoms. The highest BCUT2D eigenvalue weighted by Crippen LogP contribution is 2.54. The smallest absolute Gasteiger partial charge is 0.123 e. The van der Waals surface area contributed by atoms with Crippen LogP contribution in [0.1, 0.15) is 11.1 Å². The van der Waals surface area contributed by atoms with Gasteiger partial charge in [0.05, 0.1) is 0 Å². The molecule has 0 fully saturated rings. The molecule has 0 aliphatic rings. The van der Waals surface area contributed by atoms with Gasteiger partial charge in [0.2, 0.25) is 0 Å². The Morgan fingerprint density at radius 1 is 0.214 bits per heavy atom. The van der Waals surface area contributed by atoms with Crippen molar-refractivity contribution in [3.63, 3.8) is 0 Å². The molecule has 0 saturated heterocycles. The fraction of sp³-hybridized carbons (Fsp3) is 0.0294. The van der Waals surface area contributed by atoms with Gasteiger partial charge in [-0.05, 0) is 172 Å². The van der Waals surface area contributed by atoms with Crippen LogP contribution in [0, 0.1) is 25.5 Å². The third-order valence-corrected chi connectivity index (χ3v) is 14.0. The molecular weight excluding hydrogens is 855 g/mol. The lowest BCUT2D eigenvalue weighted by molar-refractivity contribution is 0.627. The topological polar surface area (TPSA) is 0 Å². The molecule has 12 aromatic carbocycles. The van der Waals surface area contributed by atoms with Crippen LogP contribution in [-0.4, -0.2) is 0 Å². The number of fused-ring (bicyclic) bond motifs is 3. The van der Waals surface area contributed by atoms with Gasteiger partial charge in [0.15, 0.2) is 0 Å². The minimum atomic E-state index is -0.266. The van der Waals surface area contributed by atoms with Crippen molar-refractivity contribution < 1.29 is 8.78 Å². The Bertz CT molecular complexity index is 3610. The summed E-state index contributed by atoms with van der Waals surface area (Å²) in [5.41, 5.74) is 19.9. The second-order valence-corrected chi connectivity index (χ2v) is 18.4. The highest BCUT2D eigenvalue weighted by Gasteiger charge is 2.27. The first-order valence-electron chi connectivity index (χ1n) is 23.9. The van der Waals surface area contributed by atoms with Crippen LogP contribution >= 0.6 is 0 Å². The van der Waals surface area contributed by atoms with Crippen molar-refractivity contribution >= 4 is 32.3 Å². The minimum absolute atomic E-state index is 0.259. The van der Waals surface area contributed by atoms with Crippen molar-refractivity contribution in [2.24, 2.45) is 0 Å². The Morgan fingerprint density at radius 3 is 0.800 bits per heavy atom. The molecule has 0 heterocycles. The van der Waals surface area contributed by atoms with Crippen LogP contribution in [0.4, 0.5) is 8.78 Å². The van der Waals surface area contributed by atoms with E-state index >= 15 is 0 Å². The molecule has 12 aromatic rings. The second-order valence-electron chi connectivity index (χ2n) is 18.4. The normalized spacial score (nSPS) is 11.4. The monoisotopic (exact) mass is 900 g/mol. The first kappa shape index (κ1) is 42.6. The zero-order valence-electron chi connectivity index (χ0n) is 38.8. The number of hydrogen-bond acceptors (Lipinski definition) is 0. The highest BCUT2D eigenvalue weighted by atomic mass is 19.1. The lowest BCUT2D eigenvalue weighted by atomic mass is 9.76. The van der Waals surface area contributed by atoms with Crippen LogP contribution in [0.25, 0.3) is 121 Å². The van der Waals surface area contributed by atoms with Crippen molar-refractivity contribution in [2.75, 3.05) is 0 Å². The first-order chi connectivity index (χ1) is 34.3. The molecule has 0 saturated carbocycles. The summed E-state index contributed by atoms with van der Waals surface area (Å²) in [5.74, 6) is -0.525. The molecule has 0 spiro atoms. The third kappa shape index (κ3) is 7.74. The Labute approximate surface area is 407 Å². The van der Waals surface area contributed by atoms with E-state index in [0.717, 1.165) is 116 Å². The second kappa shape index (κ2) is 17.7. The highest BCUT2D eigenvalue weighted by molar-refractivity contribution is 6.34. The third-order valence-electron chi connectivity index (χ3n) is 14.0. The maximum atomic E-state index is 14.5. The van der Waals surface area contributed by atoms with Gasteiger partial charge < -0.3 is 0 Å². The van der Waals surface area contributed by atoms with Crippen LogP contribution in [0.3, 0.4) is 0 Å². The van der Waals surface area contributed by atoms with Crippen molar-refractivity contribution in [1.82, 2.24) is 0 Å². The SMILES string of the molecule is Cc1ccc(-c2ccc(-c3c4ccc(-c5ccc(F)cc5)cc4c(-c4ccccc4)c4c(-c5ccc(-c6ccc(F)cc6)cc5)c5ccc(-c6ccc(C)cc6)cc5c(-c5ccccc5)c34)cc2)cc1. The Balaban J connectivity index is 1.29. The summed E-state index contributed by atoms with van der Waals surface area (Å²) in [7, 11) is 0. The number of benzene rings is 12. The average Bonchev–Trinajstić information content (AvgIpc) is 3.41. The van der Waals surface area contributed by atoms with Crippen LogP contribution in [0.2, 0.25) is 0 Å². The number of aryl methyl sites for hydroxylation is 2. The fourth-order valence-corrected chi connectivity index (χ4v) is 10.4. The maximum Gasteiger partial charge on any atom is 0.123 e. The van der Waals surface area contributed by atoms with E-state index in [1.165, 1.54) is 41.0 Å². The summed E-state index contributed by atoms with van der Waals surface area (Å²) in [6.07, 6.45) is 0. The number of hydrogen-bond donors (Lipinski definition) is 0. The molecule has 12 rings (SSSR count). The van der Waals surface area contributed by atoms with Gasteiger partial charge in [-0.1, -0.05) is 217 Å². The van der Waals surface area contributed by atoms with E-state index in [4.69, 9.17) is 0 Å². The van der Waals surface area contributed by atoms with Crippen LogP contribution in [0.15, 0.2) is 243 Å². The maximum absolute atomic E-state index is 14.5. The summed E-state index contributed by atoms with van der Waals surface area (Å²) in [4.78, 5) is 0. The Morgan fingerprint density at radius 2 is 0.457 bits per heavy atom. The Hall–Kier alpha value is -8.72. The molecule has 0 atom stereocenters. The molecular formula is C68H46F2. The van der Waals surface area contributed by atoms with Crippen LogP contribution < -0.4 is 0 Å². The summed E-state index contributed by atoms with van der Waals surface area (Å²) in [6.45, 7) is 4.25. The molecule has 0 N–H and O–H groups in total. The van der Waals surface area contributed by atoms with Crippen molar-refractivity contribution in [3.8, 4) is 89.0 Å². The number of halogens is 2. The van der Waals surface area contributed by atoms with Crippen LogP contribution in [0.5, 0.6) is 0 Å². The molecule has 0 amide bonds. The van der Waals surface area contributed by atoms with E-state index in [1.54, 1.807) is 0 Å². The van der Waals surface area contributed by atoms with E-state index < -0.39 is 0 Å². The van der Waals surface area contributed by atoms with E-state index in [-0.39, 0.29) is 11.6 Å². The van der Waals surface area contributed by atoms with Gasteiger partial charge >= 0.3 is 0 Å². The summed E-state index contributed by atoms with van der Waals surface area (Å²) in [6, 6.07) is 84.3. The predicted molar refractivity (Wildman–Crippen MR) is 292 cm³/mol. The molecule has 0 aromatic heterocycles. The van der Waals surface area contributed by atoms with E-state index in [0.29, 0.717) is 0 Å². The fourth-order valence-electron chi connectivity index (χ4n) is 10.4. The lowest BCUT2D eigenvalue weighted by Crippen LogP contribution is -1.98. The predicted octanol–water partition coefficient (Wildman–Crippen LogP) is 19.4. The Kier molecular flexibility index (Phi) is 10.8. The molecule has 0 aliphatic carbocycles. The van der Waals surface area contributed by atoms with Gasteiger partial charge in [-0.15, -0.1) is 0 Å². The van der Waals surface area contributed by atoms with Gasteiger partial charge in [0, 0.05) is 0 Å². The van der Waals surface area contributed by atoms with Crippen LogP contribution in [-0.2, 0) is 0 Å². The van der Waals surface area contributed by atoms with Gasteiger partial charge in [0.25, 0.3) is 0 Å². The average molecular weight is 901 g/mol. The van der Waals surface area contributed by atoms with Gasteiger partial charge in [-0.3, -0.25) is 0 Å². The molecule has 2 heteroatoms. The van der Waals surface area contributed by atoms with Gasteiger partial charge in [-0.25, -0.2) is 8.78 Å². The molecule has 0 nitrogen and oxygen atoms in total. The van der Waals surface area contributed by atoms with Crippen molar-refractivity contribution in [2.45, 2.75) is 13.8 Å². The van der Waals surface area contributed by atoms with Gasteiger partial charge in [-0.2, -0.15) is 0 Å². The zero-order chi connectivity index (χ0) is 47.3. The largest absolute Gasteiger partial charge is 0.207 e. The number of rotatable bonds is 8. The van der Waals surface area contributed by atoms with Crippen molar-refractivity contribution in [3.05, 3.63) is 265 Å². The first-order valence-corrected chi connectivity index (χ1v) is 23.9. The molecule has 70 heavy (non-hydrogen) atoms. The lowest BCUT2D eigenvalue weighted by Gasteiger charge is -2.26. The molecule has 0 radical (unpaired) electrons. The summed E-state index contributed by atoms with van der Waals surface area (Å²) < 4.78 is 28.7. The molecule has 332 valence electrons. The van der Waals surface area contributed by atoms with Gasteiger partial charge in [0.1, 0.15) is 11.6 Å².